The van der Waals surface area contributed by atoms with Gasteiger partial charge in [0.25, 0.3) is 0 Å². The van der Waals surface area contributed by atoms with Gasteiger partial charge in [-0.05, 0) is 25.0 Å². The first kappa shape index (κ1) is 16.3. The number of nitrogens with zero attached hydrogens (tertiary/aromatic N) is 2. The maximum absolute atomic E-state index is 12.0. The molecule has 2 heterocycles. The van der Waals surface area contributed by atoms with Crippen molar-refractivity contribution in [3.8, 4) is 5.75 Å². The van der Waals surface area contributed by atoms with Crippen LogP contribution in [0.3, 0.4) is 0 Å². The second kappa shape index (κ2) is 7.79. The number of amides is 1. The van der Waals surface area contributed by atoms with Gasteiger partial charge in [-0.25, -0.2) is 0 Å². The number of nitrogens with one attached hydrogen (secondary N) is 1. The van der Waals surface area contributed by atoms with Gasteiger partial charge in [0.2, 0.25) is 5.91 Å². The summed E-state index contributed by atoms with van der Waals surface area (Å²) in [5, 5.41) is 7.06. The molecule has 0 bridgehead atoms. The Morgan fingerprint density at radius 3 is 3.17 bits per heavy atom. The Morgan fingerprint density at radius 2 is 2.38 bits per heavy atom. The second-order valence-electron chi connectivity index (χ2n) is 5.65. The van der Waals surface area contributed by atoms with Gasteiger partial charge in [0, 0.05) is 24.4 Å². The van der Waals surface area contributed by atoms with Crippen molar-refractivity contribution >= 4 is 17.7 Å². The van der Waals surface area contributed by atoms with E-state index in [9.17, 15) is 4.79 Å². The fourth-order valence-corrected chi connectivity index (χ4v) is 2.68. The van der Waals surface area contributed by atoms with Gasteiger partial charge >= 0.3 is 0 Å². The number of hydrogen-bond acceptors (Lipinski definition) is 4. The lowest BCUT2D eigenvalue weighted by atomic mass is 10.2. The summed E-state index contributed by atoms with van der Waals surface area (Å²) in [6.07, 6.45) is 9.05. The van der Waals surface area contributed by atoms with Crippen molar-refractivity contribution in [3.63, 3.8) is 0 Å². The quantitative estimate of drug-likeness (QED) is 0.829. The van der Waals surface area contributed by atoms with Crippen LogP contribution >= 0.6 is 0 Å². The van der Waals surface area contributed by atoms with Gasteiger partial charge in [-0.3, -0.25) is 9.48 Å². The molecule has 1 aromatic carbocycles. The van der Waals surface area contributed by atoms with Crippen LogP contribution in [0.15, 0.2) is 42.7 Å². The Kier molecular flexibility index (Phi) is 5.28. The molecule has 6 heteroatoms. The van der Waals surface area contributed by atoms with Gasteiger partial charge in [-0.1, -0.05) is 18.2 Å². The minimum atomic E-state index is -0.211. The Morgan fingerprint density at radius 1 is 1.50 bits per heavy atom. The molecule has 2 aromatic rings. The van der Waals surface area contributed by atoms with Gasteiger partial charge in [-0.2, -0.15) is 5.10 Å². The molecule has 1 aliphatic rings. The predicted molar refractivity (Wildman–Crippen MR) is 91.9 cm³/mol. The van der Waals surface area contributed by atoms with E-state index >= 15 is 0 Å². The van der Waals surface area contributed by atoms with Crippen LogP contribution in [0.2, 0.25) is 0 Å². The molecule has 3 rings (SSSR count). The van der Waals surface area contributed by atoms with Crippen molar-refractivity contribution in [2.45, 2.75) is 25.5 Å². The standard InChI is InChI=1S/C18H21N3O3/c1-23-17-7-3-2-5-14(17)8-9-18(22)20-15-11-19-21(12-15)13-16-6-4-10-24-16/h2-3,5,7-9,11-12,16H,4,6,10,13H2,1H3,(H,20,22). The topological polar surface area (TPSA) is 65.4 Å². The fraction of sp³-hybridized carbons (Fsp3) is 0.333. The zero-order valence-electron chi connectivity index (χ0n) is 13.6. The number of methoxy groups -OCH3 is 1. The van der Waals surface area contributed by atoms with E-state index in [-0.39, 0.29) is 12.0 Å². The highest BCUT2D eigenvalue weighted by Crippen LogP contribution is 2.19. The summed E-state index contributed by atoms with van der Waals surface area (Å²) in [5.74, 6) is 0.517. The lowest BCUT2D eigenvalue weighted by molar-refractivity contribution is -0.111. The summed E-state index contributed by atoms with van der Waals surface area (Å²) < 4.78 is 12.6. The fourth-order valence-electron chi connectivity index (χ4n) is 2.68. The van der Waals surface area contributed by atoms with E-state index < -0.39 is 0 Å². The molecular formula is C18H21N3O3. The number of rotatable bonds is 6. The molecular weight excluding hydrogens is 306 g/mol. The van der Waals surface area contributed by atoms with E-state index in [0.717, 1.165) is 30.8 Å². The number of aromatic nitrogens is 2. The molecule has 1 N–H and O–H groups in total. The molecule has 6 nitrogen and oxygen atoms in total. The van der Waals surface area contributed by atoms with Crippen molar-refractivity contribution in [3.05, 3.63) is 48.3 Å². The van der Waals surface area contributed by atoms with E-state index in [1.165, 1.54) is 6.08 Å². The van der Waals surface area contributed by atoms with Crippen LogP contribution in [0.4, 0.5) is 5.69 Å². The number of anilines is 1. The number of carbonyl (C=O) groups excluding carboxylic acids is 1. The van der Waals surface area contributed by atoms with Crippen LogP contribution in [0.25, 0.3) is 6.08 Å². The molecule has 1 unspecified atom stereocenters. The predicted octanol–water partition coefficient (Wildman–Crippen LogP) is 2.72. The second-order valence-corrected chi connectivity index (χ2v) is 5.65. The highest BCUT2D eigenvalue weighted by molar-refractivity contribution is 6.01. The maximum Gasteiger partial charge on any atom is 0.248 e. The maximum atomic E-state index is 12.0. The third-order valence-electron chi connectivity index (χ3n) is 3.87. The zero-order valence-corrected chi connectivity index (χ0v) is 13.6. The van der Waals surface area contributed by atoms with Crippen LogP contribution in [-0.2, 0) is 16.1 Å². The van der Waals surface area contributed by atoms with E-state index in [1.54, 1.807) is 24.1 Å². The molecule has 0 spiro atoms. The molecule has 126 valence electrons. The average molecular weight is 327 g/mol. The molecule has 0 aliphatic carbocycles. The Hall–Kier alpha value is -2.60. The molecule has 1 fully saturated rings. The highest BCUT2D eigenvalue weighted by atomic mass is 16.5. The Labute approximate surface area is 141 Å². The summed E-state index contributed by atoms with van der Waals surface area (Å²) in [5.41, 5.74) is 1.52. The summed E-state index contributed by atoms with van der Waals surface area (Å²) in [7, 11) is 1.61. The summed E-state index contributed by atoms with van der Waals surface area (Å²) in [6.45, 7) is 1.54. The van der Waals surface area contributed by atoms with E-state index in [1.807, 2.05) is 30.5 Å². The van der Waals surface area contributed by atoms with Gasteiger partial charge in [0.15, 0.2) is 0 Å². The van der Waals surface area contributed by atoms with Gasteiger partial charge in [0.05, 0.1) is 31.6 Å². The van der Waals surface area contributed by atoms with Crippen LogP contribution in [-0.4, -0.2) is 35.5 Å². The van der Waals surface area contributed by atoms with E-state index in [4.69, 9.17) is 9.47 Å². The number of benzene rings is 1. The minimum absolute atomic E-state index is 0.211. The summed E-state index contributed by atoms with van der Waals surface area (Å²) in [4.78, 5) is 12.0. The van der Waals surface area contributed by atoms with Crippen molar-refractivity contribution < 1.29 is 14.3 Å². The Balaban J connectivity index is 1.56. The highest BCUT2D eigenvalue weighted by Gasteiger charge is 2.16. The average Bonchev–Trinajstić information content (AvgIpc) is 3.26. The third-order valence-corrected chi connectivity index (χ3v) is 3.87. The van der Waals surface area contributed by atoms with Crippen LogP contribution in [0.5, 0.6) is 5.75 Å². The van der Waals surface area contributed by atoms with Gasteiger partial charge in [-0.15, -0.1) is 0 Å². The molecule has 1 atom stereocenters. The van der Waals surface area contributed by atoms with Gasteiger partial charge < -0.3 is 14.8 Å². The first-order chi connectivity index (χ1) is 11.7. The SMILES string of the molecule is COc1ccccc1C=CC(=O)Nc1cnn(CC2CCCO2)c1. The van der Waals surface area contributed by atoms with Crippen molar-refractivity contribution in [2.75, 3.05) is 19.0 Å². The summed E-state index contributed by atoms with van der Waals surface area (Å²) in [6, 6.07) is 7.53. The van der Waals surface area contributed by atoms with Crippen molar-refractivity contribution in [2.24, 2.45) is 0 Å². The molecule has 1 aromatic heterocycles. The van der Waals surface area contributed by atoms with E-state index in [2.05, 4.69) is 10.4 Å². The lowest BCUT2D eigenvalue weighted by Crippen LogP contribution is -2.15. The largest absolute Gasteiger partial charge is 0.496 e. The number of hydrogen-bond donors (Lipinski definition) is 1. The van der Waals surface area contributed by atoms with Crippen molar-refractivity contribution in [1.29, 1.82) is 0 Å². The van der Waals surface area contributed by atoms with Crippen LogP contribution < -0.4 is 10.1 Å². The van der Waals surface area contributed by atoms with Crippen LogP contribution in [0, 0.1) is 0 Å². The van der Waals surface area contributed by atoms with Gasteiger partial charge in [0.1, 0.15) is 5.75 Å². The minimum Gasteiger partial charge on any atom is -0.496 e. The number of ether oxygens (including phenoxy) is 2. The molecule has 0 radical (unpaired) electrons. The zero-order chi connectivity index (χ0) is 16.8. The monoisotopic (exact) mass is 327 g/mol. The Bertz CT molecular complexity index is 718. The smallest absolute Gasteiger partial charge is 0.248 e. The first-order valence-corrected chi connectivity index (χ1v) is 8.01. The molecule has 24 heavy (non-hydrogen) atoms. The molecule has 1 saturated heterocycles. The van der Waals surface area contributed by atoms with Crippen LogP contribution in [0.1, 0.15) is 18.4 Å². The molecule has 1 aliphatic heterocycles. The van der Waals surface area contributed by atoms with E-state index in [0.29, 0.717) is 12.2 Å². The normalized spacial score (nSPS) is 17.3. The number of carbonyl (C=O) groups is 1. The first-order valence-electron chi connectivity index (χ1n) is 8.01. The lowest BCUT2D eigenvalue weighted by Gasteiger charge is -2.08. The number of para-hydroxylation sites is 1. The van der Waals surface area contributed by atoms with Crippen molar-refractivity contribution in [1.82, 2.24) is 9.78 Å². The third kappa shape index (κ3) is 4.23. The summed E-state index contributed by atoms with van der Waals surface area (Å²) >= 11 is 0. The molecule has 1 amide bonds. The molecule has 0 saturated carbocycles.